The highest BCUT2D eigenvalue weighted by Crippen LogP contribution is 2.30. The van der Waals surface area contributed by atoms with Crippen molar-refractivity contribution >= 4 is 38.3 Å². The van der Waals surface area contributed by atoms with Crippen LogP contribution in [-0.2, 0) is 6.54 Å². The average Bonchev–Trinajstić information content (AvgIpc) is 3.09. The molecule has 0 unspecified atom stereocenters. The number of halogens is 1. The van der Waals surface area contributed by atoms with Crippen LogP contribution < -0.4 is 0 Å². The van der Waals surface area contributed by atoms with Crippen molar-refractivity contribution in [3.05, 3.63) is 70.5 Å². The van der Waals surface area contributed by atoms with E-state index in [2.05, 4.69) is 0 Å². The molecule has 0 amide bonds. The first-order valence-electron chi connectivity index (χ1n) is 7.52. The Morgan fingerprint density at radius 2 is 2.04 bits per heavy atom. The van der Waals surface area contributed by atoms with Gasteiger partial charge < -0.3 is 9.67 Å². The molecule has 4 rings (SSSR count). The maximum atomic E-state index is 13.6. The molecule has 4 aromatic rings. The highest BCUT2D eigenvalue weighted by Gasteiger charge is 2.16. The zero-order valence-electron chi connectivity index (χ0n) is 12.9. The topological polar surface area (TPSA) is 42.2 Å². The molecule has 24 heavy (non-hydrogen) atoms. The van der Waals surface area contributed by atoms with Crippen LogP contribution >= 0.6 is 11.3 Å². The third-order valence-electron chi connectivity index (χ3n) is 4.22. The van der Waals surface area contributed by atoms with Gasteiger partial charge in [0.05, 0.1) is 0 Å². The molecule has 0 atom stereocenters. The number of nitrogens with zero attached hydrogens (tertiary/aromatic N) is 1. The molecule has 0 aliphatic heterocycles. The van der Waals surface area contributed by atoms with Gasteiger partial charge in [-0.2, -0.15) is 0 Å². The van der Waals surface area contributed by atoms with Crippen molar-refractivity contribution in [3.63, 3.8) is 0 Å². The number of carbonyl (C=O) groups is 1. The maximum absolute atomic E-state index is 13.6. The second-order valence-electron chi connectivity index (χ2n) is 5.88. The Hall–Kier alpha value is -2.66. The molecule has 0 bridgehead atoms. The monoisotopic (exact) mass is 339 g/mol. The summed E-state index contributed by atoms with van der Waals surface area (Å²) in [5, 5.41) is 13.3. The summed E-state index contributed by atoms with van der Waals surface area (Å²) in [7, 11) is 0. The Bertz CT molecular complexity index is 1090. The van der Waals surface area contributed by atoms with E-state index >= 15 is 0 Å². The Morgan fingerprint density at radius 1 is 1.21 bits per heavy atom. The van der Waals surface area contributed by atoms with Gasteiger partial charge in [0.1, 0.15) is 11.5 Å². The van der Waals surface area contributed by atoms with E-state index in [-0.39, 0.29) is 11.5 Å². The molecule has 1 N–H and O–H groups in total. The number of rotatable bonds is 3. The zero-order valence-corrected chi connectivity index (χ0v) is 13.7. The molecule has 5 heteroatoms. The number of aryl methyl sites for hydroxylation is 1. The van der Waals surface area contributed by atoms with Crippen molar-refractivity contribution in [2.24, 2.45) is 0 Å². The summed E-state index contributed by atoms with van der Waals surface area (Å²) >= 11 is 1.54. The van der Waals surface area contributed by atoms with E-state index in [1.807, 2.05) is 30.5 Å². The highest BCUT2D eigenvalue weighted by molar-refractivity contribution is 7.17. The third-order valence-corrected chi connectivity index (χ3v) is 5.23. The molecule has 2 aromatic carbocycles. The van der Waals surface area contributed by atoms with Crippen LogP contribution in [0.3, 0.4) is 0 Å². The number of aromatic nitrogens is 1. The van der Waals surface area contributed by atoms with Crippen LogP contribution in [0.2, 0.25) is 0 Å². The van der Waals surface area contributed by atoms with E-state index < -0.39 is 5.97 Å². The minimum absolute atomic E-state index is 0.242. The van der Waals surface area contributed by atoms with Crippen LogP contribution in [0.1, 0.15) is 21.6 Å². The second-order valence-corrected chi connectivity index (χ2v) is 6.80. The van der Waals surface area contributed by atoms with Gasteiger partial charge in [-0.15, -0.1) is 11.3 Å². The summed E-state index contributed by atoms with van der Waals surface area (Å²) in [6, 6.07) is 12.3. The van der Waals surface area contributed by atoms with Crippen LogP contribution in [-0.4, -0.2) is 15.6 Å². The minimum Gasteiger partial charge on any atom is -0.477 e. The summed E-state index contributed by atoms with van der Waals surface area (Å²) in [5.74, 6) is -1.25. The molecular weight excluding hydrogens is 325 g/mol. The van der Waals surface area contributed by atoms with Crippen LogP contribution in [0, 0.1) is 12.7 Å². The fraction of sp³-hybridized carbons (Fsp3) is 0.105. The number of benzene rings is 2. The first kappa shape index (κ1) is 14.9. The molecule has 2 heterocycles. The van der Waals surface area contributed by atoms with Gasteiger partial charge in [0.25, 0.3) is 0 Å². The van der Waals surface area contributed by atoms with Crippen molar-refractivity contribution in [1.29, 1.82) is 0 Å². The lowest BCUT2D eigenvalue weighted by Gasteiger charge is -2.08. The molecule has 120 valence electrons. The molecule has 0 radical (unpaired) electrons. The lowest BCUT2D eigenvalue weighted by atomic mass is 10.1. The Morgan fingerprint density at radius 3 is 2.83 bits per heavy atom. The van der Waals surface area contributed by atoms with Crippen molar-refractivity contribution in [2.75, 3.05) is 0 Å². The van der Waals surface area contributed by atoms with Gasteiger partial charge in [0, 0.05) is 27.5 Å². The fourth-order valence-corrected chi connectivity index (χ4v) is 4.02. The van der Waals surface area contributed by atoms with E-state index in [0.29, 0.717) is 6.54 Å². The van der Waals surface area contributed by atoms with Gasteiger partial charge in [-0.25, -0.2) is 9.18 Å². The van der Waals surface area contributed by atoms with E-state index in [9.17, 15) is 14.3 Å². The molecular formula is C19H14FNO2S. The molecule has 0 saturated carbocycles. The van der Waals surface area contributed by atoms with E-state index in [1.165, 1.54) is 23.5 Å². The predicted molar refractivity (Wildman–Crippen MR) is 94.5 cm³/mol. The Labute approximate surface area is 141 Å². The first-order valence-corrected chi connectivity index (χ1v) is 8.40. The van der Waals surface area contributed by atoms with Crippen molar-refractivity contribution in [3.8, 4) is 0 Å². The normalized spacial score (nSPS) is 11.4. The number of thiophene rings is 1. The van der Waals surface area contributed by atoms with Crippen LogP contribution in [0.4, 0.5) is 4.39 Å². The lowest BCUT2D eigenvalue weighted by Crippen LogP contribution is -2.09. The average molecular weight is 339 g/mol. The first-order chi connectivity index (χ1) is 11.5. The van der Waals surface area contributed by atoms with Crippen molar-refractivity contribution in [1.82, 2.24) is 4.57 Å². The van der Waals surface area contributed by atoms with Gasteiger partial charge in [0.2, 0.25) is 0 Å². The number of carboxylic acids is 1. The molecule has 0 aliphatic rings. The van der Waals surface area contributed by atoms with Crippen molar-refractivity contribution in [2.45, 2.75) is 13.5 Å². The van der Waals surface area contributed by atoms with E-state index in [0.717, 1.165) is 32.1 Å². The molecule has 0 fully saturated rings. The summed E-state index contributed by atoms with van der Waals surface area (Å²) in [6.45, 7) is 2.38. The Kier molecular flexibility index (Phi) is 3.39. The van der Waals surface area contributed by atoms with Crippen LogP contribution in [0.15, 0.2) is 47.8 Å². The summed E-state index contributed by atoms with van der Waals surface area (Å²) < 4.78 is 16.4. The van der Waals surface area contributed by atoms with E-state index in [1.54, 1.807) is 16.7 Å². The smallest absolute Gasteiger partial charge is 0.352 e. The standard InChI is InChI=1S/C19H14FNO2S/c1-11-2-4-16-12(6-11)7-17(19(22)23)21(16)9-13-10-24-18-5-3-14(20)8-15(13)18/h2-8,10H,9H2,1H3,(H,22,23). The SMILES string of the molecule is Cc1ccc2c(c1)cc(C(=O)O)n2Cc1csc2ccc(F)cc12. The van der Waals surface area contributed by atoms with E-state index in [4.69, 9.17) is 0 Å². The largest absolute Gasteiger partial charge is 0.477 e. The zero-order chi connectivity index (χ0) is 16.8. The molecule has 0 spiro atoms. The number of carboxylic acid groups (broad SMARTS) is 1. The number of hydrogen-bond donors (Lipinski definition) is 1. The number of fused-ring (bicyclic) bond motifs is 2. The molecule has 3 nitrogen and oxygen atoms in total. The van der Waals surface area contributed by atoms with Crippen LogP contribution in [0.5, 0.6) is 0 Å². The minimum atomic E-state index is -0.963. The van der Waals surface area contributed by atoms with Gasteiger partial charge in [-0.1, -0.05) is 11.6 Å². The third kappa shape index (κ3) is 2.37. The van der Waals surface area contributed by atoms with Gasteiger partial charge in [-0.3, -0.25) is 0 Å². The summed E-state index contributed by atoms with van der Waals surface area (Å²) in [4.78, 5) is 11.6. The fourth-order valence-electron chi connectivity index (χ4n) is 3.08. The maximum Gasteiger partial charge on any atom is 0.352 e. The predicted octanol–water partition coefficient (Wildman–Crippen LogP) is 5.05. The van der Waals surface area contributed by atoms with Gasteiger partial charge >= 0.3 is 5.97 Å². The lowest BCUT2D eigenvalue weighted by molar-refractivity contribution is 0.0686. The molecule has 2 aromatic heterocycles. The van der Waals surface area contributed by atoms with Gasteiger partial charge in [-0.05, 0) is 54.3 Å². The summed E-state index contributed by atoms with van der Waals surface area (Å²) in [6.07, 6.45) is 0. The number of hydrogen-bond acceptors (Lipinski definition) is 2. The second kappa shape index (κ2) is 5.46. The van der Waals surface area contributed by atoms with Crippen molar-refractivity contribution < 1.29 is 14.3 Å². The summed E-state index contributed by atoms with van der Waals surface area (Å²) in [5.41, 5.74) is 3.12. The number of aromatic carboxylic acids is 1. The quantitative estimate of drug-likeness (QED) is 0.567. The Balaban J connectivity index is 1.90. The van der Waals surface area contributed by atoms with Gasteiger partial charge in [0.15, 0.2) is 0 Å². The molecule has 0 aliphatic carbocycles. The van der Waals surface area contributed by atoms with Crippen LogP contribution in [0.25, 0.3) is 21.0 Å². The highest BCUT2D eigenvalue weighted by atomic mass is 32.1. The molecule has 0 saturated heterocycles.